The Balaban J connectivity index is 2.70. The molecule has 0 aromatic heterocycles. The van der Waals surface area contributed by atoms with Gasteiger partial charge in [0.25, 0.3) is 0 Å². The summed E-state index contributed by atoms with van der Waals surface area (Å²) < 4.78 is 5.09. The Labute approximate surface area is 105 Å². The number of carbonyl (C=O) groups is 2. The van der Waals surface area contributed by atoms with E-state index in [2.05, 4.69) is 0 Å². The van der Waals surface area contributed by atoms with Crippen LogP contribution in [0.2, 0.25) is 0 Å². The number of aliphatic carboxylic acids is 1. The Morgan fingerprint density at radius 1 is 1.06 bits per heavy atom. The molecule has 0 spiro atoms. The van der Waals surface area contributed by atoms with E-state index in [1.165, 1.54) is 19.1 Å². The van der Waals surface area contributed by atoms with Crippen LogP contribution in [0.25, 0.3) is 0 Å². The molecule has 0 aliphatic heterocycles. The largest absolute Gasteiger partial charge is 0.478 e. The van der Waals surface area contributed by atoms with Crippen LogP contribution in [0.3, 0.4) is 0 Å². The van der Waals surface area contributed by atoms with Crippen molar-refractivity contribution in [3.8, 4) is 5.75 Å². The number of hydrogen-bond donors (Lipinski definition) is 1. The van der Waals surface area contributed by atoms with Gasteiger partial charge in [-0.3, -0.25) is 0 Å². The summed E-state index contributed by atoms with van der Waals surface area (Å²) in [6, 6.07) is 8.68. The highest BCUT2D eigenvalue weighted by Gasteiger charge is 2.06. The second kappa shape index (κ2) is 6.39. The van der Waals surface area contributed by atoms with Gasteiger partial charge in [0, 0.05) is 11.1 Å². The molecule has 94 valence electrons. The van der Waals surface area contributed by atoms with Crippen molar-refractivity contribution in [2.75, 3.05) is 0 Å². The van der Waals surface area contributed by atoms with Crippen molar-refractivity contribution < 1.29 is 19.4 Å². The van der Waals surface area contributed by atoms with Gasteiger partial charge in [0.1, 0.15) is 5.75 Å². The molecule has 0 fully saturated rings. The van der Waals surface area contributed by atoms with E-state index in [0.717, 1.165) is 0 Å². The predicted molar refractivity (Wildman–Crippen MR) is 67.2 cm³/mol. The van der Waals surface area contributed by atoms with Crippen molar-refractivity contribution in [3.05, 3.63) is 53.6 Å². The monoisotopic (exact) mass is 246 g/mol. The number of hydrogen-bond acceptors (Lipinski definition) is 3. The number of ether oxygens (including phenoxy) is 1. The lowest BCUT2D eigenvalue weighted by molar-refractivity contribution is -0.132. The second-order valence-corrected chi connectivity index (χ2v) is 3.71. The highest BCUT2D eigenvalue weighted by molar-refractivity contribution is 5.91. The van der Waals surface area contributed by atoms with E-state index in [0.29, 0.717) is 11.3 Å². The molecule has 1 rings (SSSR count). The van der Waals surface area contributed by atoms with Crippen LogP contribution in [-0.2, 0) is 9.59 Å². The number of rotatable bonds is 4. The van der Waals surface area contributed by atoms with Crippen LogP contribution >= 0.6 is 0 Å². The van der Waals surface area contributed by atoms with Gasteiger partial charge in [-0.15, -0.1) is 0 Å². The minimum absolute atomic E-state index is 0.155. The van der Waals surface area contributed by atoms with E-state index in [9.17, 15) is 9.59 Å². The maximum Gasteiger partial charge on any atom is 0.339 e. The molecule has 1 aromatic rings. The van der Waals surface area contributed by atoms with E-state index in [-0.39, 0.29) is 5.57 Å². The van der Waals surface area contributed by atoms with E-state index in [1.54, 1.807) is 31.2 Å². The van der Waals surface area contributed by atoms with Gasteiger partial charge in [0.2, 0.25) is 0 Å². The molecular weight excluding hydrogens is 232 g/mol. The summed E-state index contributed by atoms with van der Waals surface area (Å²) in [6.07, 6.45) is 2.79. The smallest absolute Gasteiger partial charge is 0.339 e. The van der Waals surface area contributed by atoms with Crippen molar-refractivity contribution in [1.82, 2.24) is 0 Å². The molecule has 18 heavy (non-hydrogen) atoms. The molecule has 0 bridgehead atoms. The fraction of sp³-hybridized carbons (Fsp3) is 0.143. The van der Waals surface area contributed by atoms with E-state index in [4.69, 9.17) is 9.84 Å². The number of carboxylic acid groups (broad SMARTS) is 1. The third-order valence-electron chi connectivity index (χ3n) is 2.20. The minimum Gasteiger partial charge on any atom is -0.478 e. The van der Waals surface area contributed by atoms with Crippen molar-refractivity contribution in [3.63, 3.8) is 0 Å². The average molecular weight is 246 g/mol. The molecule has 1 aromatic carbocycles. The van der Waals surface area contributed by atoms with Gasteiger partial charge in [-0.05, 0) is 26.0 Å². The topological polar surface area (TPSA) is 63.6 Å². The van der Waals surface area contributed by atoms with Gasteiger partial charge in [-0.25, -0.2) is 9.59 Å². The first-order chi connectivity index (χ1) is 8.50. The first-order valence-electron chi connectivity index (χ1n) is 5.36. The second-order valence-electron chi connectivity index (χ2n) is 3.71. The fourth-order valence-corrected chi connectivity index (χ4v) is 1.07. The summed E-state index contributed by atoms with van der Waals surface area (Å²) in [4.78, 5) is 22.2. The summed E-state index contributed by atoms with van der Waals surface area (Å²) in [5.41, 5.74) is 0.487. The molecule has 4 heteroatoms. The number of carbonyl (C=O) groups excluding carboxylic acids is 1. The summed E-state index contributed by atoms with van der Waals surface area (Å²) in [6.45, 7) is 3.02. The van der Waals surface area contributed by atoms with Crippen LogP contribution in [0.15, 0.2) is 53.6 Å². The Morgan fingerprint density at radius 3 is 2.17 bits per heavy atom. The molecular formula is C14H14O4. The number of esters is 1. The molecule has 0 aliphatic rings. The van der Waals surface area contributed by atoms with Crippen molar-refractivity contribution in [1.29, 1.82) is 0 Å². The van der Waals surface area contributed by atoms with Gasteiger partial charge in [-0.2, -0.15) is 0 Å². The maximum absolute atomic E-state index is 11.6. The van der Waals surface area contributed by atoms with Crippen LogP contribution in [0.4, 0.5) is 0 Å². The molecule has 4 nitrogen and oxygen atoms in total. The Morgan fingerprint density at radius 2 is 1.61 bits per heavy atom. The summed E-state index contributed by atoms with van der Waals surface area (Å²) in [7, 11) is 0. The summed E-state index contributed by atoms with van der Waals surface area (Å²) in [5.74, 6) is -1.07. The van der Waals surface area contributed by atoms with E-state index in [1.807, 2.05) is 6.07 Å². The standard InChI is InChI=1S/C14H14O4/c1-10(13(15)16)8-9-11(2)14(17)18-12-6-4-3-5-7-12/h3-9H,1-2H3,(H,15,16). The maximum atomic E-state index is 11.6. The van der Waals surface area contributed by atoms with Gasteiger partial charge >= 0.3 is 11.9 Å². The average Bonchev–Trinajstić information content (AvgIpc) is 2.36. The molecule has 0 amide bonds. The lowest BCUT2D eigenvalue weighted by atomic mass is 10.2. The van der Waals surface area contributed by atoms with E-state index >= 15 is 0 Å². The molecule has 0 saturated carbocycles. The quantitative estimate of drug-likeness (QED) is 0.384. The van der Waals surface area contributed by atoms with Gasteiger partial charge in [0.15, 0.2) is 0 Å². The van der Waals surface area contributed by atoms with Gasteiger partial charge in [0.05, 0.1) is 0 Å². The van der Waals surface area contributed by atoms with Crippen molar-refractivity contribution >= 4 is 11.9 Å². The first-order valence-corrected chi connectivity index (χ1v) is 5.36. The lowest BCUT2D eigenvalue weighted by Crippen LogP contribution is -2.09. The summed E-state index contributed by atoms with van der Waals surface area (Å²) in [5, 5.41) is 8.65. The van der Waals surface area contributed by atoms with Crippen molar-refractivity contribution in [2.45, 2.75) is 13.8 Å². The minimum atomic E-state index is -1.02. The third kappa shape index (κ3) is 4.25. The van der Waals surface area contributed by atoms with Crippen LogP contribution in [0, 0.1) is 0 Å². The number of allylic oxidation sites excluding steroid dienone is 2. The Bertz CT molecular complexity index is 498. The summed E-state index contributed by atoms with van der Waals surface area (Å²) >= 11 is 0. The highest BCUT2D eigenvalue weighted by Crippen LogP contribution is 2.11. The lowest BCUT2D eigenvalue weighted by Gasteiger charge is -2.03. The molecule has 0 heterocycles. The molecule has 0 atom stereocenters. The first kappa shape index (κ1) is 13.7. The van der Waals surface area contributed by atoms with Crippen LogP contribution < -0.4 is 4.74 Å². The molecule has 0 aliphatic carbocycles. The molecule has 1 N–H and O–H groups in total. The fourth-order valence-electron chi connectivity index (χ4n) is 1.07. The van der Waals surface area contributed by atoms with Crippen molar-refractivity contribution in [2.24, 2.45) is 0 Å². The molecule has 0 saturated heterocycles. The number of para-hydroxylation sites is 1. The SMILES string of the molecule is CC(=CC=C(C)C(=O)Oc1ccccc1)C(=O)O. The van der Waals surface area contributed by atoms with Crippen LogP contribution in [-0.4, -0.2) is 17.0 Å². The zero-order chi connectivity index (χ0) is 13.5. The van der Waals surface area contributed by atoms with Gasteiger partial charge in [-0.1, -0.05) is 30.4 Å². The Hall–Kier alpha value is -2.36. The number of benzene rings is 1. The number of carboxylic acids is 1. The highest BCUT2D eigenvalue weighted by atomic mass is 16.5. The Kier molecular flexibility index (Phi) is 4.87. The third-order valence-corrected chi connectivity index (χ3v) is 2.20. The zero-order valence-corrected chi connectivity index (χ0v) is 10.2. The van der Waals surface area contributed by atoms with E-state index < -0.39 is 11.9 Å². The zero-order valence-electron chi connectivity index (χ0n) is 10.2. The molecule has 0 unspecified atom stereocenters. The van der Waals surface area contributed by atoms with Crippen LogP contribution in [0.5, 0.6) is 5.75 Å². The normalized spacial score (nSPS) is 12.1. The van der Waals surface area contributed by atoms with Crippen LogP contribution in [0.1, 0.15) is 13.8 Å². The predicted octanol–water partition coefficient (Wildman–Crippen LogP) is 2.57. The molecule has 0 radical (unpaired) electrons. The van der Waals surface area contributed by atoms with Gasteiger partial charge < -0.3 is 9.84 Å².